The molecule has 0 saturated carbocycles. The van der Waals surface area contributed by atoms with Gasteiger partial charge < -0.3 is 20.8 Å². The second-order valence-corrected chi connectivity index (χ2v) is 11.0. The maximum atomic E-state index is 12.3. The van der Waals surface area contributed by atoms with Gasteiger partial charge in [0.05, 0.1) is 29.4 Å². The van der Waals surface area contributed by atoms with Crippen LogP contribution in [-0.2, 0) is 4.79 Å². The summed E-state index contributed by atoms with van der Waals surface area (Å²) >= 11 is 0. The SMILES string of the molecule is CCCCCCCCCCCCCCC[C@H](O)[C@H](CO)NC(=O)CCCCCNc1ccc([N+](=O)[O-])c2nonc12. The van der Waals surface area contributed by atoms with E-state index in [1.54, 1.807) is 6.07 Å². The van der Waals surface area contributed by atoms with Crippen LogP contribution in [-0.4, -0.2) is 56.7 Å². The number of carbonyl (C=O) groups is 1. The maximum absolute atomic E-state index is 12.3. The quantitative estimate of drug-likeness (QED) is 0.0592. The molecule has 1 heterocycles. The van der Waals surface area contributed by atoms with Crippen LogP contribution < -0.4 is 10.6 Å². The smallest absolute Gasteiger partial charge is 0.300 e. The number of fused-ring (bicyclic) bond motifs is 1. The van der Waals surface area contributed by atoms with Gasteiger partial charge in [0, 0.05) is 19.0 Å². The van der Waals surface area contributed by atoms with E-state index in [4.69, 9.17) is 0 Å². The van der Waals surface area contributed by atoms with Crippen molar-refractivity contribution in [3.63, 3.8) is 0 Å². The Morgan fingerprint density at radius 1 is 0.902 bits per heavy atom. The molecule has 41 heavy (non-hydrogen) atoms. The first kappa shape index (κ1) is 34.4. The van der Waals surface area contributed by atoms with Crippen LogP contribution in [0.25, 0.3) is 11.0 Å². The van der Waals surface area contributed by atoms with Crippen LogP contribution in [0.15, 0.2) is 16.8 Å². The van der Waals surface area contributed by atoms with E-state index >= 15 is 0 Å². The Bertz CT molecular complexity index is 1000. The summed E-state index contributed by atoms with van der Waals surface area (Å²) in [5.74, 6) is -0.174. The Labute approximate surface area is 244 Å². The van der Waals surface area contributed by atoms with Gasteiger partial charge in [-0.15, -0.1) is 0 Å². The van der Waals surface area contributed by atoms with Gasteiger partial charge in [0.2, 0.25) is 11.4 Å². The van der Waals surface area contributed by atoms with Crippen molar-refractivity contribution in [3.05, 3.63) is 22.2 Å². The molecule has 0 aliphatic heterocycles. The van der Waals surface area contributed by atoms with Gasteiger partial charge in [-0.2, -0.15) is 0 Å². The van der Waals surface area contributed by atoms with Gasteiger partial charge in [0.15, 0.2) is 5.52 Å². The minimum absolute atomic E-state index is 0.103. The first-order valence-electron chi connectivity index (χ1n) is 15.7. The number of unbranched alkanes of at least 4 members (excludes halogenated alkanes) is 14. The third kappa shape index (κ3) is 13.6. The summed E-state index contributed by atoms with van der Waals surface area (Å²) in [5.41, 5.74) is 0.860. The molecule has 232 valence electrons. The summed E-state index contributed by atoms with van der Waals surface area (Å²) in [6.07, 6.45) is 18.8. The summed E-state index contributed by atoms with van der Waals surface area (Å²) in [4.78, 5) is 22.9. The van der Waals surface area contributed by atoms with Gasteiger partial charge in [0.25, 0.3) is 0 Å². The molecule has 2 atom stereocenters. The Hall–Kier alpha value is -2.79. The Kier molecular flexibility index (Phi) is 17.6. The highest BCUT2D eigenvalue weighted by molar-refractivity contribution is 5.93. The second-order valence-electron chi connectivity index (χ2n) is 11.0. The number of rotatable bonds is 25. The van der Waals surface area contributed by atoms with Crippen LogP contribution in [0.2, 0.25) is 0 Å². The molecular formula is C30H51N5O6. The molecule has 2 aromatic rings. The van der Waals surface area contributed by atoms with Crippen LogP contribution >= 0.6 is 0 Å². The first-order chi connectivity index (χ1) is 20.0. The summed E-state index contributed by atoms with van der Waals surface area (Å²) < 4.78 is 4.66. The number of hydrogen-bond acceptors (Lipinski definition) is 9. The van der Waals surface area contributed by atoms with Crippen molar-refractivity contribution >= 4 is 28.3 Å². The third-order valence-corrected chi connectivity index (χ3v) is 7.60. The third-order valence-electron chi connectivity index (χ3n) is 7.60. The van der Waals surface area contributed by atoms with Crippen LogP contribution in [0.3, 0.4) is 0 Å². The molecule has 2 rings (SSSR count). The average Bonchev–Trinajstić information content (AvgIpc) is 3.46. The number of anilines is 1. The van der Waals surface area contributed by atoms with Gasteiger partial charge in [-0.1, -0.05) is 96.8 Å². The average molecular weight is 578 g/mol. The minimum Gasteiger partial charge on any atom is -0.394 e. The molecule has 1 aromatic carbocycles. The molecule has 4 N–H and O–H groups in total. The number of hydrogen-bond donors (Lipinski definition) is 4. The number of nitro groups is 1. The van der Waals surface area contributed by atoms with Gasteiger partial charge in [-0.3, -0.25) is 14.9 Å². The summed E-state index contributed by atoms with van der Waals surface area (Å²) in [7, 11) is 0. The van der Waals surface area contributed by atoms with E-state index in [0.717, 1.165) is 25.7 Å². The Morgan fingerprint density at radius 3 is 2.10 bits per heavy atom. The molecule has 11 nitrogen and oxygen atoms in total. The highest BCUT2D eigenvalue weighted by atomic mass is 16.6. The number of nitrogens with zero attached hydrogens (tertiary/aromatic N) is 3. The number of carbonyl (C=O) groups excluding carboxylic acids is 1. The fourth-order valence-corrected chi connectivity index (χ4v) is 5.07. The van der Waals surface area contributed by atoms with E-state index in [-0.39, 0.29) is 23.7 Å². The predicted octanol–water partition coefficient (Wildman–Crippen LogP) is 6.42. The molecule has 1 aromatic heterocycles. The summed E-state index contributed by atoms with van der Waals surface area (Å²) in [6.45, 7) is 2.56. The van der Waals surface area contributed by atoms with Crippen molar-refractivity contribution in [2.24, 2.45) is 0 Å². The van der Waals surface area contributed by atoms with Crippen molar-refractivity contribution < 1.29 is 24.6 Å². The molecule has 11 heteroatoms. The Balaban J connectivity index is 1.49. The number of aliphatic hydroxyl groups is 2. The van der Waals surface area contributed by atoms with Crippen LogP contribution in [0, 0.1) is 10.1 Å². The highest BCUT2D eigenvalue weighted by Crippen LogP contribution is 2.28. The van der Waals surface area contributed by atoms with E-state index in [0.29, 0.717) is 37.0 Å². The molecule has 1 amide bonds. The van der Waals surface area contributed by atoms with Crippen molar-refractivity contribution in [3.8, 4) is 0 Å². The molecular weight excluding hydrogens is 526 g/mol. The van der Waals surface area contributed by atoms with E-state index in [1.807, 2.05) is 0 Å². The normalized spacial score (nSPS) is 12.9. The molecule has 0 radical (unpaired) electrons. The number of nitro benzene ring substituents is 1. The minimum atomic E-state index is -0.745. The molecule has 0 unspecified atom stereocenters. The summed E-state index contributed by atoms with van der Waals surface area (Å²) in [5, 5.41) is 44.6. The fourth-order valence-electron chi connectivity index (χ4n) is 5.07. The number of non-ortho nitro benzene ring substituents is 1. The lowest BCUT2D eigenvalue weighted by Crippen LogP contribution is -2.45. The predicted molar refractivity (Wildman–Crippen MR) is 161 cm³/mol. The van der Waals surface area contributed by atoms with Gasteiger partial charge in [-0.05, 0) is 35.6 Å². The second kappa shape index (κ2) is 21.0. The van der Waals surface area contributed by atoms with Gasteiger partial charge in [0.1, 0.15) is 0 Å². The molecule has 0 aliphatic carbocycles. The van der Waals surface area contributed by atoms with Crippen molar-refractivity contribution in [1.82, 2.24) is 15.6 Å². The van der Waals surface area contributed by atoms with Crippen molar-refractivity contribution in [1.29, 1.82) is 0 Å². The van der Waals surface area contributed by atoms with E-state index in [2.05, 4.69) is 32.5 Å². The largest absolute Gasteiger partial charge is 0.394 e. The first-order valence-corrected chi connectivity index (χ1v) is 15.7. The monoisotopic (exact) mass is 577 g/mol. The number of nitrogens with one attached hydrogen (secondary N) is 2. The zero-order chi connectivity index (χ0) is 29.7. The number of benzene rings is 1. The molecule has 0 bridgehead atoms. The zero-order valence-electron chi connectivity index (χ0n) is 24.8. The van der Waals surface area contributed by atoms with Gasteiger partial charge in [-0.25, -0.2) is 4.63 Å². The van der Waals surface area contributed by atoms with Crippen molar-refractivity contribution in [2.75, 3.05) is 18.5 Å². The van der Waals surface area contributed by atoms with E-state index in [1.165, 1.54) is 76.7 Å². The highest BCUT2D eigenvalue weighted by Gasteiger charge is 2.21. The van der Waals surface area contributed by atoms with Crippen LogP contribution in [0.4, 0.5) is 11.4 Å². The van der Waals surface area contributed by atoms with Crippen LogP contribution in [0.1, 0.15) is 122 Å². The lowest BCUT2D eigenvalue weighted by molar-refractivity contribution is -0.383. The van der Waals surface area contributed by atoms with Crippen LogP contribution in [0.5, 0.6) is 0 Å². The van der Waals surface area contributed by atoms with E-state index in [9.17, 15) is 25.1 Å². The topological polar surface area (TPSA) is 164 Å². The van der Waals surface area contributed by atoms with Crippen molar-refractivity contribution in [2.45, 2.75) is 135 Å². The summed E-state index contributed by atoms with van der Waals surface area (Å²) in [6, 6.07) is 2.31. The lowest BCUT2D eigenvalue weighted by atomic mass is 10.0. The molecule has 0 fully saturated rings. The fraction of sp³-hybridized carbons (Fsp3) is 0.767. The maximum Gasteiger partial charge on any atom is 0.300 e. The lowest BCUT2D eigenvalue weighted by Gasteiger charge is -2.22. The number of amides is 1. The number of aliphatic hydroxyl groups excluding tert-OH is 2. The molecule has 0 aliphatic rings. The molecule has 0 saturated heterocycles. The van der Waals surface area contributed by atoms with E-state index < -0.39 is 17.1 Å². The zero-order valence-corrected chi connectivity index (χ0v) is 24.8. The molecule has 0 spiro atoms. The number of aromatic nitrogens is 2. The standard InChI is InChI=1S/C30H51N5O6/c1-2-3-4-5-6-7-8-9-10-11-12-13-15-18-27(37)25(23-36)32-28(38)19-16-14-17-22-31-24-20-21-26(35(39)40)30-29(24)33-41-34-30/h20-21,25,27,31,36-37H,2-19,22-23H2,1H3,(H,32,38)/t25-,27-/m0/s1. The van der Waals surface area contributed by atoms with Gasteiger partial charge >= 0.3 is 5.69 Å². The Morgan fingerprint density at radius 2 is 1.49 bits per heavy atom.